The number of hydrogen-bond acceptors (Lipinski definition) is 5. The second kappa shape index (κ2) is 13.1. The Morgan fingerprint density at radius 3 is 1.85 bits per heavy atom. The Bertz CT molecular complexity index is 589. The van der Waals surface area contributed by atoms with Gasteiger partial charge in [-0.25, -0.2) is 0 Å². The molecule has 1 rings (SSSR count). The summed E-state index contributed by atoms with van der Waals surface area (Å²) in [4.78, 5) is 34.5. The van der Waals surface area contributed by atoms with Crippen molar-refractivity contribution < 1.29 is 23.9 Å². The molecular weight excluding hydrogens is 344 g/mol. The van der Waals surface area contributed by atoms with Crippen LogP contribution in [0.4, 0.5) is 0 Å². The predicted octanol–water partition coefficient (Wildman–Crippen LogP) is 5.11. The van der Waals surface area contributed by atoms with Gasteiger partial charge in [-0.2, -0.15) is 0 Å². The first-order valence-electron chi connectivity index (χ1n) is 9.85. The van der Waals surface area contributed by atoms with E-state index >= 15 is 0 Å². The van der Waals surface area contributed by atoms with Gasteiger partial charge in [-0.1, -0.05) is 39.5 Å². The van der Waals surface area contributed by atoms with Crippen LogP contribution >= 0.6 is 0 Å². The Morgan fingerprint density at radius 1 is 0.815 bits per heavy atom. The normalized spacial score (nSPS) is 10.7. The maximum absolute atomic E-state index is 11.8. The monoisotopic (exact) mass is 376 g/mol. The molecule has 1 aromatic rings. The molecule has 1 aromatic carbocycles. The summed E-state index contributed by atoms with van der Waals surface area (Å²) in [6.45, 7) is 6.04. The number of carbonyl (C=O) groups excluding carboxylic acids is 3. The zero-order valence-corrected chi connectivity index (χ0v) is 16.8. The summed E-state index contributed by atoms with van der Waals surface area (Å²) in [6.07, 6.45) is 6.59. The van der Waals surface area contributed by atoms with Crippen LogP contribution in [0.1, 0.15) is 82.5 Å². The van der Waals surface area contributed by atoms with Crippen molar-refractivity contribution in [3.8, 4) is 5.75 Å². The smallest absolute Gasteiger partial charge is 0.311 e. The zero-order chi connectivity index (χ0) is 20.1. The van der Waals surface area contributed by atoms with Gasteiger partial charge in [0.2, 0.25) is 0 Å². The van der Waals surface area contributed by atoms with Gasteiger partial charge in [-0.3, -0.25) is 14.4 Å². The topological polar surface area (TPSA) is 69.7 Å². The quantitative estimate of drug-likeness (QED) is 0.207. The van der Waals surface area contributed by atoms with Gasteiger partial charge in [-0.05, 0) is 49.9 Å². The molecule has 0 spiro atoms. The lowest BCUT2D eigenvalue weighted by atomic mass is 10.1. The third-order valence-electron chi connectivity index (χ3n) is 4.08. The average Bonchev–Trinajstić information content (AvgIpc) is 2.62. The molecular formula is C22H32O5. The van der Waals surface area contributed by atoms with E-state index in [2.05, 4.69) is 0 Å². The summed E-state index contributed by atoms with van der Waals surface area (Å²) in [7, 11) is 0. The Balaban J connectivity index is 2.02. The van der Waals surface area contributed by atoms with E-state index in [0.717, 1.165) is 38.5 Å². The average molecular weight is 376 g/mol. The minimum absolute atomic E-state index is 0.0136. The standard InChI is InChI=1S/C22H32O5/c1-17(2)16-26-21(24)10-8-6-4-5-7-9-11-22(25)27-20-14-12-19(13-15-20)18(3)23/h12-15,17H,4-11,16H2,1-3H3. The SMILES string of the molecule is CC(=O)c1ccc(OC(=O)CCCCCCCCC(=O)OCC(C)C)cc1. The maximum atomic E-state index is 11.8. The van der Waals surface area contributed by atoms with E-state index in [1.54, 1.807) is 24.3 Å². The molecule has 5 heteroatoms. The number of unbranched alkanes of at least 4 members (excludes halogenated alkanes) is 5. The lowest BCUT2D eigenvalue weighted by Gasteiger charge is -2.07. The lowest BCUT2D eigenvalue weighted by molar-refractivity contribution is -0.144. The molecule has 0 fully saturated rings. The summed E-state index contributed by atoms with van der Waals surface area (Å²) in [6, 6.07) is 6.59. The van der Waals surface area contributed by atoms with E-state index in [1.165, 1.54) is 6.92 Å². The van der Waals surface area contributed by atoms with Crippen LogP contribution in [0, 0.1) is 5.92 Å². The van der Waals surface area contributed by atoms with Crippen molar-refractivity contribution in [3.05, 3.63) is 29.8 Å². The number of ether oxygens (including phenoxy) is 2. The molecule has 0 aliphatic carbocycles. The minimum Gasteiger partial charge on any atom is -0.465 e. The van der Waals surface area contributed by atoms with Crippen LogP contribution in [0.25, 0.3) is 0 Å². The number of hydrogen-bond donors (Lipinski definition) is 0. The highest BCUT2D eigenvalue weighted by atomic mass is 16.5. The first kappa shape index (κ1) is 22.9. The van der Waals surface area contributed by atoms with Crippen LogP contribution in [0.5, 0.6) is 5.75 Å². The Morgan fingerprint density at radius 2 is 1.33 bits per heavy atom. The van der Waals surface area contributed by atoms with Gasteiger partial charge in [-0.15, -0.1) is 0 Å². The molecule has 0 saturated heterocycles. The highest BCUT2D eigenvalue weighted by molar-refractivity contribution is 5.94. The Kier molecular flexibility index (Phi) is 11.1. The molecule has 0 heterocycles. The number of Topliss-reactive ketones (excluding diaryl/α,β-unsaturated/α-hetero) is 1. The first-order chi connectivity index (χ1) is 12.9. The molecule has 0 amide bonds. The lowest BCUT2D eigenvalue weighted by Crippen LogP contribution is -2.09. The van der Waals surface area contributed by atoms with Gasteiger partial charge in [0.15, 0.2) is 5.78 Å². The fraction of sp³-hybridized carbons (Fsp3) is 0.591. The second-order valence-corrected chi connectivity index (χ2v) is 7.25. The van der Waals surface area contributed by atoms with E-state index < -0.39 is 0 Å². The van der Waals surface area contributed by atoms with Crippen molar-refractivity contribution >= 4 is 17.7 Å². The third-order valence-corrected chi connectivity index (χ3v) is 4.08. The van der Waals surface area contributed by atoms with Crippen LogP contribution in [0.3, 0.4) is 0 Å². The summed E-state index contributed by atoms with van der Waals surface area (Å²) in [5.74, 6) is 0.469. The van der Waals surface area contributed by atoms with Crippen molar-refractivity contribution in [2.24, 2.45) is 5.92 Å². The first-order valence-corrected chi connectivity index (χ1v) is 9.85. The number of ketones is 1. The summed E-state index contributed by atoms with van der Waals surface area (Å²) < 4.78 is 10.4. The van der Waals surface area contributed by atoms with Crippen LogP contribution in [0.15, 0.2) is 24.3 Å². The summed E-state index contributed by atoms with van der Waals surface area (Å²) in [5.41, 5.74) is 0.600. The molecule has 5 nitrogen and oxygen atoms in total. The van der Waals surface area contributed by atoms with Crippen LogP contribution in [-0.2, 0) is 14.3 Å². The molecule has 0 radical (unpaired) electrons. The minimum atomic E-state index is -0.251. The van der Waals surface area contributed by atoms with Crippen molar-refractivity contribution in [2.75, 3.05) is 6.61 Å². The van der Waals surface area contributed by atoms with Crippen LogP contribution in [-0.4, -0.2) is 24.3 Å². The van der Waals surface area contributed by atoms with E-state index in [9.17, 15) is 14.4 Å². The van der Waals surface area contributed by atoms with Crippen molar-refractivity contribution in [1.82, 2.24) is 0 Å². The second-order valence-electron chi connectivity index (χ2n) is 7.25. The van der Waals surface area contributed by atoms with Gasteiger partial charge in [0.05, 0.1) is 6.61 Å². The molecule has 0 atom stereocenters. The van der Waals surface area contributed by atoms with Crippen LogP contribution < -0.4 is 4.74 Å². The van der Waals surface area contributed by atoms with Gasteiger partial charge in [0, 0.05) is 18.4 Å². The predicted molar refractivity (Wildman–Crippen MR) is 105 cm³/mol. The number of esters is 2. The molecule has 0 bridgehead atoms. The molecule has 0 N–H and O–H groups in total. The van der Waals surface area contributed by atoms with Gasteiger partial charge >= 0.3 is 11.9 Å². The van der Waals surface area contributed by atoms with Crippen molar-refractivity contribution in [2.45, 2.75) is 72.1 Å². The number of rotatable bonds is 13. The Hall–Kier alpha value is -2.17. The fourth-order valence-corrected chi connectivity index (χ4v) is 2.52. The van der Waals surface area contributed by atoms with E-state index in [0.29, 0.717) is 36.7 Å². The van der Waals surface area contributed by atoms with Crippen molar-refractivity contribution in [3.63, 3.8) is 0 Å². The molecule has 27 heavy (non-hydrogen) atoms. The van der Waals surface area contributed by atoms with E-state index in [-0.39, 0.29) is 17.7 Å². The summed E-state index contributed by atoms with van der Waals surface area (Å²) >= 11 is 0. The highest BCUT2D eigenvalue weighted by Gasteiger charge is 2.07. The molecule has 0 unspecified atom stereocenters. The number of benzene rings is 1. The third kappa shape index (κ3) is 11.2. The van der Waals surface area contributed by atoms with Gasteiger partial charge < -0.3 is 9.47 Å². The molecule has 150 valence electrons. The van der Waals surface area contributed by atoms with Crippen molar-refractivity contribution in [1.29, 1.82) is 0 Å². The molecule has 0 aliphatic heterocycles. The molecule has 0 aromatic heterocycles. The zero-order valence-electron chi connectivity index (χ0n) is 16.8. The number of carbonyl (C=O) groups is 3. The summed E-state index contributed by atoms with van der Waals surface area (Å²) in [5, 5.41) is 0. The van der Waals surface area contributed by atoms with E-state index in [4.69, 9.17) is 9.47 Å². The Labute approximate surface area is 162 Å². The molecule has 0 saturated carbocycles. The van der Waals surface area contributed by atoms with Gasteiger partial charge in [0.1, 0.15) is 5.75 Å². The van der Waals surface area contributed by atoms with Gasteiger partial charge in [0.25, 0.3) is 0 Å². The molecule has 0 aliphatic rings. The van der Waals surface area contributed by atoms with E-state index in [1.807, 2.05) is 13.8 Å². The maximum Gasteiger partial charge on any atom is 0.311 e. The largest absolute Gasteiger partial charge is 0.465 e. The highest BCUT2D eigenvalue weighted by Crippen LogP contribution is 2.15. The van der Waals surface area contributed by atoms with Crippen LogP contribution in [0.2, 0.25) is 0 Å². The fourth-order valence-electron chi connectivity index (χ4n) is 2.52.